The summed E-state index contributed by atoms with van der Waals surface area (Å²) in [5.74, 6) is 0.137. The smallest absolute Gasteiger partial charge is 0.265 e. The molecule has 22 heavy (non-hydrogen) atoms. The highest BCUT2D eigenvalue weighted by Gasteiger charge is 2.17. The summed E-state index contributed by atoms with van der Waals surface area (Å²) in [7, 11) is 0. The lowest BCUT2D eigenvalue weighted by Gasteiger charge is -2.16. The van der Waals surface area contributed by atoms with Crippen LogP contribution in [0.2, 0.25) is 0 Å². The molecule has 112 valence electrons. The minimum absolute atomic E-state index is 0.266. The highest BCUT2D eigenvalue weighted by molar-refractivity contribution is 9.10. The molecule has 2 aromatic carbocycles. The molecule has 0 aromatic heterocycles. The molecule has 0 bridgehead atoms. The van der Waals surface area contributed by atoms with Gasteiger partial charge in [-0.1, -0.05) is 28.1 Å². The Bertz CT molecular complexity index is 738. The molecule has 0 radical (unpaired) electrons. The first kappa shape index (κ1) is 16.1. The van der Waals surface area contributed by atoms with E-state index in [2.05, 4.69) is 21.2 Å². The third kappa shape index (κ3) is 3.86. The summed E-state index contributed by atoms with van der Waals surface area (Å²) < 4.78 is 6.54. The number of hydrogen-bond acceptors (Lipinski definition) is 3. The number of benzene rings is 2. The topological polar surface area (TPSA) is 62.1 Å². The Hall–Kier alpha value is -2.32. The lowest BCUT2D eigenvalue weighted by molar-refractivity contribution is -0.122. The number of nitrogens with one attached hydrogen (secondary N) is 1. The van der Waals surface area contributed by atoms with Crippen molar-refractivity contribution in [3.8, 4) is 11.8 Å². The minimum Gasteiger partial charge on any atom is -0.480 e. The van der Waals surface area contributed by atoms with E-state index in [0.717, 1.165) is 15.7 Å². The van der Waals surface area contributed by atoms with E-state index >= 15 is 0 Å². The number of nitrogens with zero attached hydrogens (tertiary/aromatic N) is 1. The predicted octanol–water partition coefficient (Wildman–Crippen LogP) is 4.04. The zero-order chi connectivity index (χ0) is 16.1. The number of carbonyl (C=O) groups excluding carboxylic acids is 1. The maximum Gasteiger partial charge on any atom is 0.265 e. The number of hydrogen-bond donors (Lipinski definition) is 1. The van der Waals surface area contributed by atoms with Crippen molar-refractivity contribution in [3.63, 3.8) is 0 Å². The van der Waals surface area contributed by atoms with Crippen LogP contribution in [0.3, 0.4) is 0 Å². The molecule has 0 aliphatic carbocycles. The van der Waals surface area contributed by atoms with Crippen LogP contribution in [0.15, 0.2) is 46.9 Å². The second-order valence-corrected chi connectivity index (χ2v) is 5.73. The van der Waals surface area contributed by atoms with E-state index in [1.165, 1.54) is 0 Å². The maximum atomic E-state index is 12.2. The number of nitriles is 1. The Morgan fingerprint density at radius 3 is 2.73 bits per heavy atom. The van der Waals surface area contributed by atoms with E-state index in [4.69, 9.17) is 10.00 Å². The molecule has 0 fully saturated rings. The van der Waals surface area contributed by atoms with Crippen LogP contribution in [-0.2, 0) is 4.79 Å². The first-order valence-corrected chi connectivity index (χ1v) is 7.53. The van der Waals surface area contributed by atoms with Gasteiger partial charge in [-0.2, -0.15) is 5.26 Å². The molecule has 0 aliphatic heterocycles. The number of rotatable bonds is 4. The van der Waals surface area contributed by atoms with Crippen LogP contribution >= 0.6 is 15.9 Å². The fourth-order valence-corrected chi connectivity index (χ4v) is 2.38. The molecule has 5 heteroatoms. The van der Waals surface area contributed by atoms with E-state index in [1.54, 1.807) is 31.2 Å². The van der Waals surface area contributed by atoms with E-state index in [-0.39, 0.29) is 5.91 Å². The number of amides is 1. The SMILES string of the molecule is Cc1cc(Br)ccc1NC(=O)C(C)Oc1ccccc1C#N. The molecular formula is C17H15BrN2O2. The van der Waals surface area contributed by atoms with Gasteiger partial charge in [0.1, 0.15) is 11.8 Å². The Kier molecular flexibility index (Phi) is 5.18. The number of aryl methyl sites for hydroxylation is 1. The molecule has 2 rings (SSSR count). The normalized spacial score (nSPS) is 11.4. The van der Waals surface area contributed by atoms with Crippen LogP contribution in [-0.4, -0.2) is 12.0 Å². The monoisotopic (exact) mass is 358 g/mol. The second-order valence-electron chi connectivity index (χ2n) is 4.82. The standard InChI is InChI=1S/C17H15BrN2O2/c1-11-9-14(18)7-8-15(11)20-17(21)12(2)22-16-6-4-3-5-13(16)10-19/h3-9,12H,1-2H3,(H,20,21). The van der Waals surface area contributed by atoms with Crippen molar-refractivity contribution in [2.75, 3.05) is 5.32 Å². The van der Waals surface area contributed by atoms with E-state index < -0.39 is 6.10 Å². The molecular weight excluding hydrogens is 344 g/mol. The van der Waals surface area contributed by atoms with Gasteiger partial charge in [0, 0.05) is 10.2 Å². The van der Waals surface area contributed by atoms with Crippen LogP contribution in [0.1, 0.15) is 18.1 Å². The average molecular weight is 359 g/mol. The number of carbonyl (C=O) groups is 1. The average Bonchev–Trinajstić information content (AvgIpc) is 2.50. The third-order valence-corrected chi connectivity index (χ3v) is 3.62. The fourth-order valence-electron chi connectivity index (χ4n) is 1.91. The Morgan fingerprint density at radius 2 is 2.05 bits per heavy atom. The summed E-state index contributed by atoms with van der Waals surface area (Å²) in [4.78, 5) is 12.2. The van der Waals surface area contributed by atoms with Gasteiger partial charge < -0.3 is 10.1 Å². The summed E-state index contributed by atoms with van der Waals surface area (Å²) in [6.45, 7) is 3.56. The van der Waals surface area contributed by atoms with Gasteiger partial charge in [0.15, 0.2) is 6.10 Å². The van der Waals surface area contributed by atoms with E-state index in [1.807, 2.05) is 31.2 Å². The Labute approximate surface area is 137 Å². The van der Waals surface area contributed by atoms with Crippen molar-refractivity contribution >= 4 is 27.5 Å². The van der Waals surface area contributed by atoms with Gasteiger partial charge in [-0.15, -0.1) is 0 Å². The van der Waals surface area contributed by atoms with Gasteiger partial charge in [0.05, 0.1) is 5.56 Å². The first-order valence-electron chi connectivity index (χ1n) is 6.74. The molecule has 1 amide bonds. The van der Waals surface area contributed by atoms with Gasteiger partial charge >= 0.3 is 0 Å². The molecule has 0 heterocycles. The number of halogens is 1. The summed E-state index contributed by atoms with van der Waals surface area (Å²) >= 11 is 3.38. The van der Waals surface area contributed by atoms with Gasteiger partial charge in [-0.25, -0.2) is 0 Å². The lowest BCUT2D eigenvalue weighted by Crippen LogP contribution is -2.30. The van der Waals surface area contributed by atoms with Crippen molar-refractivity contribution < 1.29 is 9.53 Å². The van der Waals surface area contributed by atoms with Crippen molar-refractivity contribution in [2.24, 2.45) is 0 Å². The molecule has 1 atom stereocenters. The number of ether oxygens (including phenoxy) is 1. The molecule has 1 N–H and O–H groups in total. The molecule has 0 aliphatic rings. The van der Waals surface area contributed by atoms with Crippen LogP contribution in [0.25, 0.3) is 0 Å². The molecule has 0 saturated heterocycles. The van der Waals surface area contributed by atoms with Crippen LogP contribution < -0.4 is 10.1 Å². The zero-order valence-corrected chi connectivity index (χ0v) is 13.8. The van der Waals surface area contributed by atoms with Crippen molar-refractivity contribution in [2.45, 2.75) is 20.0 Å². The van der Waals surface area contributed by atoms with Crippen LogP contribution in [0.5, 0.6) is 5.75 Å². The van der Waals surface area contributed by atoms with Gasteiger partial charge in [-0.05, 0) is 49.7 Å². The maximum absolute atomic E-state index is 12.2. The number of anilines is 1. The largest absolute Gasteiger partial charge is 0.480 e. The molecule has 4 nitrogen and oxygen atoms in total. The molecule has 2 aromatic rings. The Balaban J connectivity index is 2.08. The molecule has 1 unspecified atom stereocenters. The quantitative estimate of drug-likeness (QED) is 0.896. The lowest BCUT2D eigenvalue weighted by atomic mass is 10.2. The fraction of sp³-hybridized carbons (Fsp3) is 0.176. The van der Waals surface area contributed by atoms with Gasteiger partial charge in [-0.3, -0.25) is 4.79 Å². The summed E-state index contributed by atoms with van der Waals surface area (Å²) in [6, 6.07) is 14.5. The number of para-hydroxylation sites is 1. The predicted molar refractivity (Wildman–Crippen MR) is 88.8 cm³/mol. The van der Waals surface area contributed by atoms with Crippen molar-refractivity contribution in [3.05, 3.63) is 58.1 Å². The molecule has 0 saturated carbocycles. The summed E-state index contributed by atoms with van der Waals surface area (Å²) in [5, 5.41) is 11.9. The van der Waals surface area contributed by atoms with E-state index in [9.17, 15) is 4.79 Å². The van der Waals surface area contributed by atoms with Crippen molar-refractivity contribution in [1.82, 2.24) is 0 Å². The third-order valence-electron chi connectivity index (χ3n) is 3.13. The summed E-state index contributed by atoms with van der Waals surface area (Å²) in [6.07, 6.45) is -0.711. The van der Waals surface area contributed by atoms with Gasteiger partial charge in [0.2, 0.25) is 0 Å². The van der Waals surface area contributed by atoms with Crippen molar-refractivity contribution in [1.29, 1.82) is 5.26 Å². The summed E-state index contributed by atoms with van der Waals surface area (Å²) in [5.41, 5.74) is 2.09. The highest BCUT2D eigenvalue weighted by Crippen LogP contribution is 2.21. The highest BCUT2D eigenvalue weighted by atomic mass is 79.9. The van der Waals surface area contributed by atoms with Gasteiger partial charge in [0.25, 0.3) is 5.91 Å². The second kappa shape index (κ2) is 7.10. The first-order chi connectivity index (χ1) is 10.5. The Morgan fingerprint density at radius 1 is 1.32 bits per heavy atom. The van der Waals surface area contributed by atoms with Crippen LogP contribution in [0.4, 0.5) is 5.69 Å². The van der Waals surface area contributed by atoms with E-state index in [0.29, 0.717) is 11.3 Å². The zero-order valence-electron chi connectivity index (χ0n) is 12.3. The molecule has 0 spiro atoms. The minimum atomic E-state index is -0.711. The van der Waals surface area contributed by atoms with Crippen LogP contribution in [0, 0.1) is 18.3 Å².